The minimum Gasteiger partial charge on any atom is -0.274 e. The van der Waals surface area contributed by atoms with Crippen molar-refractivity contribution in [1.82, 2.24) is 0 Å². The van der Waals surface area contributed by atoms with Crippen molar-refractivity contribution in [2.45, 2.75) is 5.92 Å². The van der Waals surface area contributed by atoms with Crippen molar-refractivity contribution < 1.29 is 9.59 Å². The summed E-state index contributed by atoms with van der Waals surface area (Å²) < 4.78 is 0. The van der Waals surface area contributed by atoms with E-state index >= 15 is 0 Å². The van der Waals surface area contributed by atoms with Gasteiger partial charge in [-0.25, -0.2) is 4.90 Å². The minimum absolute atomic E-state index is 0.00658. The first-order valence-corrected chi connectivity index (χ1v) is 7.72. The molecule has 0 bridgehead atoms. The summed E-state index contributed by atoms with van der Waals surface area (Å²) in [5, 5.41) is 0.812. The highest BCUT2D eigenvalue weighted by Gasteiger charge is 2.67. The number of hydrogen-bond donors (Lipinski definition) is 0. The van der Waals surface area contributed by atoms with Crippen molar-refractivity contribution in [3.05, 3.63) is 64.1 Å². The van der Waals surface area contributed by atoms with Crippen LogP contribution in [0.2, 0.25) is 10.0 Å². The van der Waals surface area contributed by atoms with E-state index in [9.17, 15) is 9.59 Å². The van der Waals surface area contributed by atoms with Crippen molar-refractivity contribution in [2.24, 2.45) is 11.8 Å². The number of hydrogen-bond acceptors (Lipinski definition) is 2. The van der Waals surface area contributed by atoms with Gasteiger partial charge in [-0.3, -0.25) is 9.59 Å². The van der Waals surface area contributed by atoms with Gasteiger partial charge in [0, 0.05) is 16.0 Å². The second-order valence-electron chi connectivity index (χ2n) is 5.63. The van der Waals surface area contributed by atoms with Gasteiger partial charge in [0.2, 0.25) is 11.8 Å². The summed E-state index contributed by atoms with van der Waals surface area (Å²) in [5.74, 6) is -0.836. The van der Waals surface area contributed by atoms with Crippen LogP contribution in [0, 0.1) is 11.8 Å². The van der Waals surface area contributed by atoms with Gasteiger partial charge in [-0.2, -0.15) is 0 Å². The van der Waals surface area contributed by atoms with Gasteiger partial charge in [-0.15, -0.1) is 0 Å². The van der Waals surface area contributed by atoms with E-state index in [1.54, 1.807) is 18.2 Å². The van der Waals surface area contributed by atoms with Gasteiger partial charge in [0.05, 0.1) is 17.5 Å². The third-order valence-electron chi connectivity index (χ3n) is 4.32. The standard InChI is InChI=1S/C17H11Cl2NO2/c18-10-6-11(19)8-12(7-10)20-16(21)14-13(15(14)17(20)22)9-4-2-1-3-5-9/h1-8,13-15H/t13?,14-,15+. The molecule has 2 fully saturated rings. The molecule has 3 nitrogen and oxygen atoms in total. The normalized spacial score (nSPS) is 26.3. The van der Waals surface area contributed by atoms with Crippen LogP contribution in [0.5, 0.6) is 0 Å². The molecule has 3 atom stereocenters. The second kappa shape index (κ2) is 4.83. The Morgan fingerprint density at radius 2 is 1.32 bits per heavy atom. The fourth-order valence-electron chi connectivity index (χ4n) is 3.34. The van der Waals surface area contributed by atoms with E-state index in [0.717, 1.165) is 5.56 Å². The topological polar surface area (TPSA) is 37.4 Å². The van der Waals surface area contributed by atoms with Crippen LogP contribution in [0.3, 0.4) is 0 Å². The summed E-state index contributed by atoms with van der Waals surface area (Å²) in [7, 11) is 0. The Labute approximate surface area is 137 Å². The van der Waals surface area contributed by atoms with E-state index in [1.165, 1.54) is 4.90 Å². The van der Waals surface area contributed by atoms with Crippen LogP contribution in [0.25, 0.3) is 0 Å². The van der Waals surface area contributed by atoms with Gasteiger partial charge in [0.1, 0.15) is 0 Å². The minimum atomic E-state index is -0.257. The number of halogens is 2. The lowest BCUT2D eigenvalue weighted by Gasteiger charge is -2.19. The predicted molar refractivity (Wildman–Crippen MR) is 85.1 cm³/mol. The number of benzene rings is 2. The summed E-state index contributed by atoms with van der Waals surface area (Å²) in [6.07, 6.45) is 0. The first-order valence-electron chi connectivity index (χ1n) is 6.97. The zero-order valence-corrected chi connectivity index (χ0v) is 12.9. The largest absolute Gasteiger partial charge is 0.274 e. The fraction of sp³-hybridized carbons (Fsp3) is 0.176. The summed E-state index contributed by atoms with van der Waals surface area (Å²) >= 11 is 11.9. The maximum atomic E-state index is 12.6. The second-order valence-corrected chi connectivity index (χ2v) is 6.50. The maximum absolute atomic E-state index is 12.6. The third kappa shape index (κ3) is 1.97. The molecule has 1 saturated heterocycles. The van der Waals surface area contributed by atoms with Gasteiger partial charge in [0.15, 0.2) is 0 Å². The Morgan fingerprint density at radius 3 is 1.86 bits per heavy atom. The molecule has 2 aliphatic rings. The molecule has 2 amide bonds. The molecule has 22 heavy (non-hydrogen) atoms. The number of fused-ring (bicyclic) bond motifs is 1. The number of amides is 2. The highest BCUT2D eigenvalue weighted by atomic mass is 35.5. The average Bonchev–Trinajstić information content (AvgIpc) is 3.16. The van der Waals surface area contributed by atoms with Crippen LogP contribution < -0.4 is 4.90 Å². The van der Waals surface area contributed by atoms with E-state index < -0.39 is 0 Å². The molecular weight excluding hydrogens is 321 g/mol. The molecule has 110 valence electrons. The highest BCUT2D eigenvalue weighted by Crippen LogP contribution is 2.60. The molecule has 0 aromatic heterocycles. The van der Waals surface area contributed by atoms with Crippen molar-refractivity contribution >= 4 is 40.7 Å². The summed E-state index contributed by atoms with van der Waals surface area (Å²) in [4.78, 5) is 26.4. The zero-order chi connectivity index (χ0) is 15.4. The summed E-state index contributed by atoms with van der Waals surface area (Å²) in [5.41, 5.74) is 1.49. The van der Waals surface area contributed by atoms with Crippen LogP contribution in [-0.4, -0.2) is 11.8 Å². The molecule has 1 aliphatic heterocycles. The maximum Gasteiger partial charge on any atom is 0.238 e. The molecule has 2 aromatic carbocycles. The lowest BCUT2D eigenvalue weighted by atomic mass is 10.1. The van der Waals surface area contributed by atoms with Crippen LogP contribution in [0.15, 0.2) is 48.5 Å². The number of anilines is 1. The predicted octanol–water partition coefficient (Wildman–Crippen LogP) is 3.90. The SMILES string of the molecule is O=C1[C@@H]2C(c3ccccc3)[C@@H]2C(=O)N1c1cc(Cl)cc(Cl)c1. The fourth-order valence-corrected chi connectivity index (χ4v) is 3.86. The van der Waals surface area contributed by atoms with E-state index in [-0.39, 0.29) is 29.6 Å². The molecule has 1 heterocycles. The number of carbonyl (C=O) groups is 2. The van der Waals surface area contributed by atoms with E-state index in [0.29, 0.717) is 15.7 Å². The van der Waals surface area contributed by atoms with Crippen molar-refractivity contribution in [3.8, 4) is 0 Å². The van der Waals surface area contributed by atoms with Crippen LogP contribution in [-0.2, 0) is 9.59 Å². The molecule has 1 saturated carbocycles. The van der Waals surface area contributed by atoms with Crippen LogP contribution >= 0.6 is 23.2 Å². The van der Waals surface area contributed by atoms with Gasteiger partial charge in [-0.05, 0) is 23.8 Å². The molecule has 4 rings (SSSR count). The summed E-state index contributed by atoms with van der Waals surface area (Å²) in [6.45, 7) is 0. The number of carbonyl (C=O) groups excluding carboxylic acids is 2. The van der Waals surface area contributed by atoms with Gasteiger partial charge >= 0.3 is 0 Å². The Hall–Kier alpha value is -1.84. The quantitative estimate of drug-likeness (QED) is 0.782. The number of imide groups is 1. The molecule has 1 aliphatic carbocycles. The summed E-state index contributed by atoms with van der Waals surface area (Å²) in [6, 6.07) is 14.4. The van der Waals surface area contributed by atoms with E-state index in [4.69, 9.17) is 23.2 Å². The lowest BCUT2D eigenvalue weighted by molar-refractivity contribution is -0.123. The van der Waals surface area contributed by atoms with E-state index in [1.807, 2.05) is 30.3 Å². The van der Waals surface area contributed by atoms with Crippen molar-refractivity contribution in [2.75, 3.05) is 4.90 Å². The van der Waals surface area contributed by atoms with Gasteiger partial charge in [-0.1, -0.05) is 53.5 Å². The number of piperidine rings is 1. The lowest BCUT2D eigenvalue weighted by Crippen LogP contribution is -2.34. The smallest absolute Gasteiger partial charge is 0.238 e. The average molecular weight is 332 g/mol. The molecular formula is C17H11Cl2NO2. The highest BCUT2D eigenvalue weighted by molar-refractivity contribution is 6.36. The molecule has 5 heteroatoms. The number of nitrogens with zero attached hydrogens (tertiary/aromatic N) is 1. The Balaban J connectivity index is 1.66. The molecule has 0 N–H and O–H groups in total. The first kappa shape index (κ1) is 13.8. The first-order chi connectivity index (χ1) is 10.6. The Kier molecular flexibility index (Phi) is 3.03. The van der Waals surface area contributed by atoms with Crippen molar-refractivity contribution in [1.29, 1.82) is 0 Å². The monoisotopic (exact) mass is 331 g/mol. The van der Waals surface area contributed by atoms with Gasteiger partial charge in [0.25, 0.3) is 0 Å². The Morgan fingerprint density at radius 1 is 0.773 bits per heavy atom. The molecule has 2 aromatic rings. The van der Waals surface area contributed by atoms with Crippen molar-refractivity contribution in [3.63, 3.8) is 0 Å². The van der Waals surface area contributed by atoms with Crippen LogP contribution in [0.4, 0.5) is 5.69 Å². The zero-order valence-electron chi connectivity index (χ0n) is 11.4. The number of rotatable bonds is 2. The van der Waals surface area contributed by atoms with Gasteiger partial charge < -0.3 is 0 Å². The molecule has 0 spiro atoms. The van der Waals surface area contributed by atoms with Crippen LogP contribution in [0.1, 0.15) is 11.5 Å². The molecule has 0 radical (unpaired) electrons. The molecule has 1 unspecified atom stereocenters. The Bertz CT molecular complexity index is 748. The third-order valence-corrected chi connectivity index (χ3v) is 4.76. The van der Waals surface area contributed by atoms with E-state index in [2.05, 4.69) is 0 Å².